The van der Waals surface area contributed by atoms with Gasteiger partial charge in [-0.3, -0.25) is 10.2 Å². The van der Waals surface area contributed by atoms with Gasteiger partial charge in [0.15, 0.2) is 6.23 Å². The summed E-state index contributed by atoms with van der Waals surface area (Å²) in [7, 11) is 1.66. The number of hydrogen-bond acceptors (Lipinski definition) is 5. The normalized spacial score (nSPS) is 17.4. The maximum Gasteiger partial charge on any atom is 0.255 e. The zero-order valence-corrected chi connectivity index (χ0v) is 19.8. The number of ether oxygens (including phenoxy) is 1. The second-order valence-corrected chi connectivity index (χ2v) is 8.97. The van der Waals surface area contributed by atoms with E-state index in [1.807, 2.05) is 30.3 Å². The first-order valence-corrected chi connectivity index (χ1v) is 11.9. The number of rotatable bonds is 5. The Morgan fingerprint density at radius 2 is 1.82 bits per heavy atom. The van der Waals surface area contributed by atoms with Crippen LogP contribution in [0.1, 0.15) is 52.5 Å². The average Bonchev–Trinajstić information content (AvgIpc) is 2.89. The molecule has 7 heteroatoms. The van der Waals surface area contributed by atoms with E-state index in [2.05, 4.69) is 32.9 Å². The average molecular weight is 475 g/mol. The molecule has 34 heavy (non-hydrogen) atoms. The first-order valence-electron chi connectivity index (χ1n) is 11.6. The molecule has 174 valence electrons. The van der Waals surface area contributed by atoms with Crippen LogP contribution in [0.2, 0.25) is 5.02 Å². The first-order chi connectivity index (χ1) is 16.6. The zero-order valence-electron chi connectivity index (χ0n) is 19.1. The van der Waals surface area contributed by atoms with Gasteiger partial charge in [0.1, 0.15) is 0 Å². The fraction of sp³-hybridized carbons (Fsp3) is 0.259. The highest BCUT2D eigenvalue weighted by Gasteiger charge is 2.24. The number of fused-ring (bicyclic) bond motifs is 1. The Morgan fingerprint density at radius 1 is 1.06 bits per heavy atom. The number of benzene rings is 3. The van der Waals surface area contributed by atoms with E-state index in [1.165, 1.54) is 6.42 Å². The minimum atomic E-state index is -0.295. The standard InChI is InChI=1S/C27H27ClN4O2/c1-34-27-22-8-4-3-7-21(22)25(30-31-27)19-11-14-24(32-15-5-2-6-16-32)23(17-19)29-26(33)18-9-12-20(28)13-10-18/h3-4,7-14,17,27,31H,2,5-6,15-16H2,1H3,(H,29,33). The highest BCUT2D eigenvalue weighted by Crippen LogP contribution is 2.33. The molecule has 1 atom stereocenters. The van der Waals surface area contributed by atoms with E-state index >= 15 is 0 Å². The predicted molar refractivity (Wildman–Crippen MR) is 137 cm³/mol. The van der Waals surface area contributed by atoms with Gasteiger partial charge in [-0.05, 0) is 55.7 Å². The van der Waals surface area contributed by atoms with Crippen LogP contribution in [0.3, 0.4) is 0 Å². The van der Waals surface area contributed by atoms with Gasteiger partial charge < -0.3 is 15.0 Å². The molecule has 1 unspecified atom stereocenters. The molecule has 3 aromatic rings. The quantitative estimate of drug-likeness (QED) is 0.506. The lowest BCUT2D eigenvalue weighted by molar-refractivity contribution is 0.0731. The van der Waals surface area contributed by atoms with Gasteiger partial charge in [0.05, 0.1) is 17.1 Å². The third-order valence-corrected chi connectivity index (χ3v) is 6.60. The van der Waals surface area contributed by atoms with Gasteiger partial charge in [-0.25, -0.2) is 0 Å². The molecule has 5 rings (SSSR count). The predicted octanol–water partition coefficient (Wildman–Crippen LogP) is 5.58. The van der Waals surface area contributed by atoms with Crippen LogP contribution in [-0.4, -0.2) is 31.8 Å². The molecular weight excluding hydrogens is 448 g/mol. The molecule has 1 fully saturated rings. The highest BCUT2D eigenvalue weighted by molar-refractivity contribution is 6.30. The van der Waals surface area contributed by atoms with Crippen LogP contribution in [0.15, 0.2) is 71.8 Å². The fourth-order valence-electron chi connectivity index (χ4n) is 4.58. The molecule has 0 aliphatic carbocycles. The molecule has 0 aromatic heterocycles. The number of hydrogen-bond donors (Lipinski definition) is 2. The molecule has 2 aliphatic heterocycles. The molecule has 0 spiro atoms. The number of nitrogens with zero attached hydrogens (tertiary/aromatic N) is 2. The summed E-state index contributed by atoms with van der Waals surface area (Å²) >= 11 is 6.01. The topological polar surface area (TPSA) is 66.0 Å². The van der Waals surface area contributed by atoms with Gasteiger partial charge in [0, 0.05) is 47.5 Å². The number of amides is 1. The van der Waals surface area contributed by atoms with Crippen molar-refractivity contribution in [2.75, 3.05) is 30.4 Å². The Hall–Kier alpha value is -3.35. The maximum atomic E-state index is 13.1. The molecule has 6 nitrogen and oxygen atoms in total. The van der Waals surface area contributed by atoms with E-state index in [-0.39, 0.29) is 12.1 Å². The molecule has 1 amide bonds. The van der Waals surface area contributed by atoms with Crippen molar-refractivity contribution >= 4 is 34.6 Å². The molecule has 2 heterocycles. The summed E-state index contributed by atoms with van der Waals surface area (Å²) in [6, 6.07) is 21.2. The molecule has 3 aromatic carbocycles. The third kappa shape index (κ3) is 4.52. The summed E-state index contributed by atoms with van der Waals surface area (Å²) in [6.07, 6.45) is 3.24. The molecule has 0 saturated carbocycles. The number of piperidine rings is 1. The van der Waals surface area contributed by atoms with Crippen LogP contribution in [0.25, 0.3) is 0 Å². The second kappa shape index (κ2) is 9.87. The van der Waals surface area contributed by atoms with Crippen molar-refractivity contribution in [3.8, 4) is 0 Å². The first kappa shape index (κ1) is 22.4. The Balaban J connectivity index is 1.53. The lowest BCUT2D eigenvalue weighted by atomic mass is 9.94. The maximum absolute atomic E-state index is 13.1. The number of anilines is 2. The van der Waals surface area contributed by atoms with Crippen molar-refractivity contribution in [2.45, 2.75) is 25.5 Å². The number of carbonyl (C=O) groups excluding carboxylic acids is 1. The molecule has 1 saturated heterocycles. The van der Waals surface area contributed by atoms with Crippen LogP contribution in [-0.2, 0) is 4.74 Å². The van der Waals surface area contributed by atoms with Gasteiger partial charge in [-0.15, -0.1) is 0 Å². The lowest BCUT2D eigenvalue weighted by Gasteiger charge is -2.31. The van der Waals surface area contributed by atoms with Crippen molar-refractivity contribution in [2.24, 2.45) is 5.10 Å². The van der Waals surface area contributed by atoms with E-state index < -0.39 is 0 Å². The van der Waals surface area contributed by atoms with Gasteiger partial charge in [0.25, 0.3) is 5.91 Å². The monoisotopic (exact) mass is 474 g/mol. The van der Waals surface area contributed by atoms with E-state index in [0.717, 1.165) is 59.7 Å². The Labute approximate surface area is 204 Å². The van der Waals surface area contributed by atoms with Gasteiger partial charge in [-0.1, -0.05) is 41.9 Å². The van der Waals surface area contributed by atoms with Crippen LogP contribution < -0.4 is 15.6 Å². The summed E-state index contributed by atoms with van der Waals surface area (Å²) in [5.74, 6) is -0.171. The van der Waals surface area contributed by atoms with E-state index in [9.17, 15) is 4.79 Å². The molecule has 0 radical (unpaired) electrons. The van der Waals surface area contributed by atoms with Crippen LogP contribution in [0.4, 0.5) is 11.4 Å². The third-order valence-electron chi connectivity index (χ3n) is 6.35. The summed E-state index contributed by atoms with van der Waals surface area (Å²) in [6.45, 7) is 1.95. The Bertz CT molecular complexity index is 1220. The SMILES string of the molecule is COC1NN=C(c2ccc(N3CCCCC3)c(NC(=O)c3ccc(Cl)cc3)c2)c2ccccc21. The van der Waals surface area contributed by atoms with Crippen molar-refractivity contribution in [1.29, 1.82) is 0 Å². The fourth-order valence-corrected chi connectivity index (χ4v) is 4.71. The van der Waals surface area contributed by atoms with E-state index in [4.69, 9.17) is 16.3 Å². The largest absolute Gasteiger partial charge is 0.370 e. The number of nitrogens with one attached hydrogen (secondary N) is 2. The van der Waals surface area contributed by atoms with E-state index in [0.29, 0.717) is 10.6 Å². The smallest absolute Gasteiger partial charge is 0.255 e. The van der Waals surface area contributed by atoms with Crippen molar-refractivity contribution in [3.05, 3.63) is 94.0 Å². The summed E-state index contributed by atoms with van der Waals surface area (Å²) in [5, 5.41) is 8.37. The second-order valence-electron chi connectivity index (χ2n) is 8.53. The van der Waals surface area contributed by atoms with Crippen molar-refractivity contribution in [3.63, 3.8) is 0 Å². The Morgan fingerprint density at radius 3 is 2.59 bits per heavy atom. The lowest BCUT2D eigenvalue weighted by Crippen LogP contribution is -2.31. The molecule has 2 aliphatic rings. The van der Waals surface area contributed by atoms with Gasteiger partial charge in [-0.2, -0.15) is 5.10 Å². The van der Waals surface area contributed by atoms with Crippen LogP contribution >= 0.6 is 11.6 Å². The van der Waals surface area contributed by atoms with Crippen molar-refractivity contribution in [1.82, 2.24) is 5.43 Å². The number of carbonyl (C=O) groups is 1. The molecule has 0 bridgehead atoms. The van der Waals surface area contributed by atoms with Crippen molar-refractivity contribution < 1.29 is 9.53 Å². The summed E-state index contributed by atoms with van der Waals surface area (Å²) in [4.78, 5) is 15.4. The van der Waals surface area contributed by atoms with E-state index in [1.54, 1.807) is 31.4 Å². The van der Waals surface area contributed by atoms with Gasteiger partial charge in [0.2, 0.25) is 0 Å². The molecular formula is C27H27ClN4O2. The number of methoxy groups -OCH3 is 1. The molecule has 2 N–H and O–H groups in total. The summed E-state index contributed by atoms with van der Waals surface area (Å²) in [5.41, 5.74) is 9.23. The minimum absolute atomic E-state index is 0.171. The number of hydrazone groups is 1. The minimum Gasteiger partial charge on any atom is -0.370 e. The Kier molecular flexibility index (Phi) is 6.52. The van der Waals surface area contributed by atoms with Gasteiger partial charge >= 0.3 is 0 Å². The van der Waals surface area contributed by atoms with Crippen LogP contribution in [0, 0.1) is 0 Å². The highest BCUT2D eigenvalue weighted by atomic mass is 35.5. The summed E-state index contributed by atoms with van der Waals surface area (Å²) < 4.78 is 5.54. The number of halogens is 1. The zero-order chi connectivity index (χ0) is 23.5. The van der Waals surface area contributed by atoms with Crippen LogP contribution in [0.5, 0.6) is 0 Å².